The summed E-state index contributed by atoms with van der Waals surface area (Å²) in [5, 5.41) is 8.04. The van der Waals surface area contributed by atoms with Crippen LogP contribution in [-0.4, -0.2) is 46.4 Å². The van der Waals surface area contributed by atoms with E-state index in [0.717, 1.165) is 38.2 Å². The average Bonchev–Trinajstić information content (AvgIpc) is 3.62. The van der Waals surface area contributed by atoms with Gasteiger partial charge in [0.05, 0.1) is 6.61 Å². The largest absolute Gasteiger partial charge is 0.460 e. The zero-order valence-electron chi connectivity index (χ0n) is 26.8. The highest BCUT2D eigenvalue weighted by atomic mass is 16.5. The van der Waals surface area contributed by atoms with Crippen molar-refractivity contribution in [2.45, 2.75) is 32.4 Å². The molecule has 9 heteroatoms. The maximum atomic E-state index is 14.6. The third-order valence-corrected chi connectivity index (χ3v) is 8.56. The maximum Gasteiger partial charge on any atom is 0.379 e. The molecule has 0 bridgehead atoms. The van der Waals surface area contributed by atoms with Crippen LogP contribution in [-0.2, 0) is 28.9 Å². The second kappa shape index (κ2) is 14.4. The summed E-state index contributed by atoms with van der Waals surface area (Å²) in [6.07, 6.45) is 0.456. The molecule has 0 saturated carbocycles. The van der Waals surface area contributed by atoms with Crippen molar-refractivity contribution >= 4 is 39.2 Å². The van der Waals surface area contributed by atoms with E-state index < -0.39 is 23.8 Å². The molecule has 0 aliphatic rings. The number of carbonyl (C=O) groups is 3. The average molecular weight is 641 g/mol. The number of esters is 1. The Morgan fingerprint density at radius 1 is 0.771 bits per heavy atom. The van der Waals surface area contributed by atoms with Gasteiger partial charge in [0, 0.05) is 25.6 Å². The molecule has 2 atom stereocenters. The van der Waals surface area contributed by atoms with Gasteiger partial charge in [-0.2, -0.15) is 4.98 Å². The Hall–Kier alpha value is -5.67. The van der Waals surface area contributed by atoms with Gasteiger partial charge < -0.3 is 19.9 Å². The number of nitrogens with zero attached hydrogens (tertiary/aromatic N) is 3. The standard InChI is InChI=1S/C39H36N4O5/c1-3-47-39(46)36-41-37(48-42-36)34(23-26-16-18-29-11-5-7-13-31(29)20-26)43(2)38(45)33(35(44)32-14-8-9-27(21-32)24-40)22-25-15-17-28-10-4-6-12-30(28)19-25/h4-21,33-34H,3,22-24,40H2,1-2H3. The van der Waals surface area contributed by atoms with Crippen LogP contribution in [0.25, 0.3) is 21.5 Å². The van der Waals surface area contributed by atoms with Gasteiger partial charge in [-0.05, 0) is 62.8 Å². The minimum atomic E-state index is -1.07. The lowest BCUT2D eigenvalue weighted by Crippen LogP contribution is -2.41. The number of likely N-dealkylation sites (N-methyl/N-ethyl adjacent to an activating group) is 1. The molecule has 0 aliphatic carbocycles. The summed E-state index contributed by atoms with van der Waals surface area (Å²) in [6.45, 7) is 2.09. The van der Waals surface area contributed by atoms with Crippen LogP contribution in [0.15, 0.2) is 114 Å². The van der Waals surface area contributed by atoms with E-state index in [1.54, 1.807) is 32.2 Å². The summed E-state index contributed by atoms with van der Waals surface area (Å²) in [7, 11) is 1.62. The number of Topliss-reactive ketones (excluding diaryl/α,β-unsaturated/α-hetero) is 1. The number of ketones is 1. The molecule has 1 aromatic heterocycles. The SMILES string of the molecule is CCOC(=O)c1noc(C(Cc2ccc3ccccc3c2)N(C)C(=O)C(Cc2ccc3ccccc3c2)C(=O)c2cccc(CN)c2)n1. The fourth-order valence-electron chi connectivity index (χ4n) is 5.97. The number of rotatable bonds is 12. The third kappa shape index (κ3) is 7.01. The number of hydrogen-bond acceptors (Lipinski definition) is 8. The molecule has 2 unspecified atom stereocenters. The lowest BCUT2D eigenvalue weighted by molar-refractivity contribution is -0.135. The molecule has 0 radical (unpaired) electrons. The Morgan fingerprint density at radius 3 is 2.02 bits per heavy atom. The number of fused-ring (bicyclic) bond motifs is 2. The van der Waals surface area contributed by atoms with Crippen molar-refractivity contribution in [1.82, 2.24) is 15.0 Å². The molecule has 48 heavy (non-hydrogen) atoms. The number of carbonyl (C=O) groups excluding carboxylic acids is 3. The Labute approximate surface area is 278 Å². The van der Waals surface area contributed by atoms with Crippen LogP contribution in [0, 0.1) is 5.92 Å². The van der Waals surface area contributed by atoms with Crippen LogP contribution in [0.3, 0.4) is 0 Å². The summed E-state index contributed by atoms with van der Waals surface area (Å²) in [5.74, 6) is -2.72. The lowest BCUT2D eigenvalue weighted by Gasteiger charge is -2.29. The van der Waals surface area contributed by atoms with Crippen LogP contribution in [0.5, 0.6) is 0 Å². The van der Waals surface area contributed by atoms with E-state index in [0.29, 0.717) is 5.56 Å². The molecule has 1 heterocycles. The molecule has 242 valence electrons. The van der Waals surface area contributed by atoms with E-state index in [4.69, 9.17) is 15.0 Å². The van der Waals surface area contributed by atoms with Gasteiger partial charge in [-0.1, -0.05) is 103 Å². The van der Waals surface area contributed by atoms with E-state index in [2.05, 4.69) is 10.1 Å². The number of ether oxygens (including phenoxy) is 1. The quantitative estimate of drug-likeness (QED) is 0.0913. The lowest BCUT2D eigenvalue weighted by atomic mass is 9.88. The van der Waals surface area contributed by atoms with Crippen molar-refractivity contribution in [3.63, 3.8) is 0 Å². The predicted molar refractivity (Wildman–Crippen MR) is 183 cm³/mol. The summed E-state index contributed by atoms with van der Waals surface area (Å²) in [6, 6.07) is 34.2. The van der Waals surface area contributed by atoms with Gasteiger partial charge in [0.1, 0.15) is 12.0 Å². The predicted octanol–water partition coefficient (Wildman–Crippen LogP) is 6.50. The molecular weight excluding hydrogens is 604 g/mol. The maximum absolute atomic E-state index is 14.6. The molecule has 9 nitrogen and oxygen atoms in total. The molecule has 1 amide bonds. The Morgan fingerprint density at radius 2 is 1.40 bits per heavy atom. The molecular formula is C39H36N4O5. The molecule has 6 rings (SSSR count). The van der Waals surface area contributed by atoms with Crippen molar-refractivity contribution < 1.29 is 23.6 Å². The number of amides is 1. The van der Waals surface area contributed by atoms with E-state index in [1.807, 2.05) is 91.0 Å². The van der Waals surface area contributed by atoms with Gasteiger partial charge >= 0.3 is 5.97 Å². The van der Waals surface area contributed by atoms with Crippen molar-refractivity contribution in [2.75, 3.05) is 13.7 Å². The molecule has 0 aliphatic heterocycles. The summed E-state index contributed by atoms with van der Waals surface area (Å²) >= 11 is 0. The van der Waals surface area contributed by atoms with Crippen LogP contribution in [0.2, 0.25) is 0 Å². The minimum absolute atomic E-state index is 0.0593. The Bertz CT molecular complexity index is 2110. The summed E-state index contributed by atoms with van der Waals surface area (Å²) in [5.41, 5.74) is 8.83. The first kappa shape index (κ1) is 32.3. The fourth-order valence-corrected chi connectivity index (χ4v) is 5.97. The van der Waals surface area contributed by atoms with E-state index >= 15 is 0 Å². The van der Waals surface area contributed by atoms with E-state index in [1.165, 1.54) is 4.90 Å². The van der Waals surface area contributed by atoms with E-state index in [-0.39, 0.29) is 43.5 Å². The Balaban J connectivity index is 1.39. The van der Waals surface area contributed by atoms with Gasteiger partial charge in [-0.15, -0.1) is 0 Å². The van der Waals surface area contributed by atoms with Crippen molar-refractivity contribution in [2.24, 2.45) is 11.7 Å². The highest BCUT2D eigenvalue weighted by Crippen LogP contribution is 2.29. The van der Waals surface area contributed by atoms with Crippen LogP contribution < -0.4 is 5.73 Å². The van der Waals surface area contributed by atoms with Crippen LogP contribution in [0.4, 0.5) is 0 Å². The van der Waals surface area contributed by atoms with Crippen molar-refractivity contribution in [3.8, 4) is 0 Å². The van der Waals surface area contributed by atoms with Gasteiger partial charge in [-0.25, -0.2) is 4.79 Å². The zero-order chi connectivity index (χ0) is 33.6. The third-order valence-electron chi connectivity index (χ3n) is 8.56. The normalized spacial score (nSPS) is 12.5. The van der Waals surface area contributed by atoms with Crippen molar-refractivity contribution in [3.05, 3.63) is 143 Å². The molecule has 0 spiro atoms. The second-order valence-electron chi connectivity index (χ2n) is 11.7. The first-order valence-corrected chi connectivity index (χ1v) is 15.9. The van der Waals surface area contributed by atoms with Crippen LogP contribution in [0.1, 0.15) is 56.5 Å². The summed E-state index contributed by atoms with van der Waals surface area (Å²) < 4.78 is 10.7. The highest BCUT2D eigenvalue weighted by molar-refractivity contribution is 6.10. The number of aromatic nitrogens is 2. The van der Waals surface area contributed by atoms with E-state index in [9.17, 15) is 14.4 Å². The molecule has 2 N–H and O–H groups in total. The smallest absolute Gasteiger partial charge is 0.379 e. The van der Waals surface area contributed by atoms with Gasteiger partial charge in [0.25, 0.3) is 5.82 Å². The molecule has 0 saturated heterocycles. The number of nitrogens with two attached hydrogens (primary N) is 1. The Kier molecular flexibility index (Phi) is 9.68. The van der Waals surface area contributed by atoms with Gasteiger partial charge in [-0.3, -0.25) is 9.59 Å². The minimum Gasteiger partial charge on any atom is -0.460 e. The van der Waals surface area contributed by atoms with Crippen LogP contribution >= 0.6 is 0 Å². The first-order valence-electron chi connectivity index (χ1n) is 15.9. The van der Waals surface area contributed by atoms with Gasteiger partial charge in [0.2, 0.25) is 11.8 Å². The van der Waals surface area contributed by atoms with Crippen molar-refractivity contribution in [1.29, 1.82) is 0 Å². The molecule has 0 fully saturated rings. The number of hydrogen-bond donors (Lipinski definition) is 1. The summed E-state index contributed by atoms with van der Waals surface area (Å²) in [4.78, 5) is 47.2. The molecule has 5 aromatic carbocycles. The monoisotopic (exact) mass is 640 g/mol. The highest BCUT2D eigenvalue weighted by Gasteiger charge is 2.36. The zero-order valence-corrected chi connectivity index (χ0v) is 26.8. The fraction of sp³-hybridized carbons (Fsp3) is 0.205. The van der Waals surface area contributed by atoms with Gasteiger partial charge in [0.15, 0.2) is 5.78 Å². The first-order chi connectivity index (χ1) is 23.3. The number of benzene rings is 5. The second-order valence-corrected chi connectivity index (χ2v) is 11.7. The molecule has 6 aromatic rings. The topological polar surface area (TPSA) is 129 Å².